The molecular formula is C11H20N6O. The third-order valence-electron chi connectivity index (χ3n) is 2.62. The summed E-state index contributed by atoms with van der Waals surface area (Å²) >= 11 is 0. The van der Waals surface area contributed by atoms with Crippen molar-refractivity contribution in [3.05, 3.63) is 11.8 Å². The Hall–Kier alpha value is -1.89. The van der Waals surface area contributed by atoms with E-state index in [2.05, 4.69) is 20.7 Å². The number of aryl methyl sites for hydroxylation is 1. The van der Waals surface area contributed by atoms with Crippen LogP contribution in [0.1, 0.15) is 19.4 Å². The Morgan fingerprint density at radius 2 is 2.11 bits per heavy atom. The number of nitrogen functional groups attached to an aromatic ring is 1. The summed E-state index contributed by atoms with van der Waals surface area (Å²) in [5.41, 5.74) is 3.23. The predicted octanol–water partition coefficient (Wildman–Crippen LogP) is 0.351. The molecule has 1 rings (SSSR count). The molecule has 0 aliphatic carbocycles. The smallest absolute Gasteiger partial charge is 0.241 e. The van der Waals surface area contributed by atoms with Crippen molar-refractivity contribution in [3.8, 4) is 0 Å². The Morgan fingerprint density at radius 1 is 1.44 bits per heavy atom. The Kier molecular flexibility index (Phi) is 5.31. The Labute approximate surface area is 107 Å². The lowest BCUT2D eigenvalue weighted by Crippen LogP contribution is -2.35. The molecule has 1 aromatic rings. The molecule has 1 heterocycles. The van der Waals surface area contributed by atoms with E-state index in [1.54, 1.807) is 11.1 Å². The number of aromatic nitrogens is 2. The largest absolute Gasteiger partial charge is 0.361 e. The van der Waals surface area contributed by atoms with Gasteiger partial charge in [-0.3, -0.25) is 10.2 Å². The van der Waals surface area contributed by atoms with Gasteiger partial charge in [-0.15, -0.1) is 0 Å². The maximum absolute atomic E-state index is 11.8. The van der Waals surface area contributed by atoms with Gasteiger partial charge in [0.1, 0.15) is 5.82 Å². The van der Waals surface area contributed by atoms with Crippen LogP contribution in [-0.4, -0.2) is 40.4 Å². The quantitative estimate of drug-likeness (QED) is 0.499. The van der Waals surface area contributed by atoms with Crippen molar-refractivity contribution < 1.29 is 4.79 Å². The van der Waals surface area contributed by atoms with Gasteiger partial charge in [0.05, 0.1) is 6.54 Å². The van der Waals surface area contributed by atoms with Crippen LogP contribution < -0.4 is 16.6 Å². The van der Waals surface area contributed by atoms with E-state index in [1.807, 2.05) is 20.8 Å². The van der Waals surface area contributed by atoms with Crippen molar-refractivity contribution in [2.24, 2.45) is 5.84 Å². The highest BCUT2D eigenvalue weighted by molar-refractivity contribution is 5.80. The van der Waals surface area contributed by atoms with Crippen LogP contribution >= 0.6 is 0 Å². The first kappa shape index (κ1) is 14.2. The molecule has 1 aromatic heterocycles. The molecule has 0 aliphatic rings. The van der Waals surface area contributed by atoms with E-state index < -0.39 is 0 Å². The fourth-order valence-corrected chi connectivity index (χ4v) is 1.54. The molecule has 0 aliphatic heterocycles. The summed E-state index contributed by atoms with van der Waals surface area (Å²) in [6.07, 6.45) is 1.65. The molecule has 0 spiro atoms. The highest BCUT2D eigenvalue weighted by atomic mass is 16.2. The number of carbonyl (C=O) groups is 1. The van der Waals surface area contributed by atoms with Crippen LogP contribution in [0.25, 0.3) is 0 Å². The number of rotatable bonds is 6. The Bertz CT molecular complexity index is 405. The zero-order valence-corrected chi connectivity index (χ0v) is 11.0. The SMILES string of the molecule is CCN(CC)C(=O)CNc1nc(NN)ncc1C. The fraction of sp³-hybridized carbons (Fsp3) is 0.545. The molecule has 7 nitrogen and oxygen atoms in total. The van der Waals surface area contributed by atoms with E-state index in [0.29, 0.717) is 24.9 Å². The summed E-state index contributed by atoms with van der Waals surface area (Å²) in [5, 5.41) is 3.00. The van der Waals surface area contributed by atoms with Crippen molar-refractivity contribution in [2.75, 3.05) is 30.4 Å². The number of nitrogens with one attached hydrogen (secondary N) is 2. The number of hydrogen-bond donors (Lipinski definition) is 3. The van der Waals surface area contributed by atoms with Crippen LogP contribution in [0.4, 0.5) is 11.8 Å². The number of nitrogens with two attached hydrogens (primary N) is 1. The maximum atomic E-state index is 11.8. The molecule has 18 heavy (non-hydrogen) atoms. The number of anilines is 2. The van der Waals surface area contributed by atoms with Crippen LogP contribution in [0.15, 0.2) is 6.20 Å². The molecule has 7 heteroatoms. The first-order valence-electron chi connectivity index (χ1n) is 5.94. The van der Waals surface area contributed by atoms with Crippen molar-refractivity contribution in [3.63, 3.8) is 0 Å². The molecule has 1 amide bonds. The highest BCUT2D eigenvalue weighted by Gasteiger charge is 2.10. The minimum atomic E-state index is 0.0419. The summed E-state index contributed by atoms with van der Waals surface area (Å²) in [7, 11) is 0. The monoisotopic (exact) mass is 252 g/mol. The van der Waals surface area contributed by atoms with E-state index in [-0.39, 0.29) is 12.5 Å². The molecule has 0 saturated heterocycles. The second kappa shape index (κ2) is 6.75. The van der Waals surface area contributed by atoms with Crippen LogP contribution in [0, 0.1) is 6.92 Å². The minimum Gasteiger partial charge on any atom is -0.361 e. The number of hydrogen-bond acceptors (Lipinski definition) is 6. The van der Waals surface area contributed by atoms with Crippen molar-refractivity contribution in [1.29, 1.82) is 0 Å². The summed E-state index contributed by atoms with van der Waals surface area (Å²) in [6, 6.07) is 0. The van der Waals surface area contributed by atoms with Gasteiger partial charge in [0.2, 0.25) is 11.9 Å². The van der Waals surface area contributed by atoms with Gasteiger partial charge in [-0.25, -0.2) is 10.8 Å². The number of nitrogens with zero attached hydrogens (tertiary/aromatic N) is 3. The number of amides is 1. The molecule has 0 fully saturated rings. The normalized spacial score (nSPS) is 10.0. The van der Waals surface area contributed by atoms with Crippen molar-refractivity contribution in [2.45, 2.75) is 20.8 Å². The molecule has 0 unspecified atom stereocenters. The fourth-order valence-electron chi connectivity index (χ4n) is 1.54. The molecule has 0 aromatic carbocycles. The molecule has 0 radical (unpaired) electrons. The number of carbonyl (C=O) groups excluding carboxylic acids is 1. The molecule has 4 N–H and O–H groups in total. The second-order valence-electron chi connectivity index (χ2n) is 3.79. The van der Waals surface area contributed by atoms with E-state index in [9.17, 15) is 4.79 Å². The third-order valence-corrected chi connectivity index (χ3v) is 2.62. The minimum absolute atomic E-state index is 0.0419. The van der Waals surface area contributed by atoms with Gasteiger partial charge in [0, 0.05) is 24.8 Å². The molecule has 100 valence electrons. The van der Waals surface area contributed by atoms with E-state index in [4.69, 9.17) is 5.84 Å². The number of hydrazine groups is 1. The van der Waals surface area contributed by atoms with Crippen LogP contribution in [0.2, 0.25) is 0 Å². The van der Waals surface area contributed by atoms with Gasteiger partial charge in [0.25, 0.3) is 0 Å². The zero-order chi connectivity index (χ0) is 13.5. The first-order valence-corrected chi connectivity index (χ1v) is 5.94. The van der Waals surface area contributed by atoms with E-state index in [0.717, 1.165) is 5.56 Å². The summed E-state index contributed by atoms with van der Waals surface area (Å²) in [6.45, 7) is 7.39. The zero-order valence-electron chi connectivity index (χ0n) is 11.0. The van der Waals surface area contributed by atoms with Gasteiger partial charge in [-0.1, -0.05) is 0 Å². The lowest BCUT2D eigenvalue weighted by atomic mass is 10.3. The molecule has 0 bridgehead atoms. The van der Waals surface area contributed by atoms with Crippen LogP contribution in [-0.2, 0) is 4.79 Å². The van der Waals surface area contributed by atoms with Gasteiger partial charge >= 0.3 is 0 Å². The van der Waals surface area contributed by atoms with Gasteiger partial charge in [-0.05, 0) is 20.8 Å². The maximum Gasteiger partial charge on any atom is 0.241 e. The summed E-state index contributed by atoms with van der Waals surface area (Å²) < 4.78 is 0. The third kappa shape index (κ3) is 3.56. The summed E-state index contributed by atoms with van der Waals surface area (Å²) in [4.78, 5) is 21.7. The van der Waals surface area contributed by atoms with E-state index in [1.165, 1.54) is 0 Å². The Morgan fingerprint density at radius 3 is 2.67 bits per heavy atom. The van der Waals surface area contributed by atoms with Crippen LogP contribution in [0.3, 0.4) is 0 Å². The molecule has 0 saturated carbocycles. The number of likely N-dealkylation sites (N-methyl/N-ethyl adjacent to an activating group) is 1. The first-order chi connectivity index (χ1) is 8.62. The standard InChI is InChI=1S/C11H20N6O/c1-4-17(5-2)9(18)7-13-10-8(3)6-14-11(15-10)16-12/h6H,4-5,7,12H2,1-3H3,(H2,13,14,15,16). The second-order valence-corrected chi connectivity index (χ2v) is 3.79. The van der Waals surface area contributed by atoms with Gasteiger partial charge in [0.15, 0.2) is 0 Å². The van der Waals surface area contributed by atoms with Gasteiger partial charge in [-0.2, -0.15) is 4.98 Å². The average Bonchev–Trinajstić information content (AvgIpc) is 2.39. The Balaban J connectivity index is 2.65. The van der Waals surface area contributed by atoms with Crippen molar-refractivity contribution >= 4 is 17.7 Å². The topological polar surface area (TPSA) is 96.2 Å². The molecule has 0 atom stereocenters. The van der Waals surface area contributed by atoms with Crippen LogP contribution in [0.5, 0.6) is 0 Å². The predicted molar refractivity (Wildman–Crippen MR) is 71.0 cm³/mol. The average molecular weight is 252 g/mol. The van der Waals surface area contributed by atoms with Crippen molar-refractivity contribution in [1.82, 2.24) is 14.9 Å². The summed E-state index contributed by atoms with van der Waals surface area (Å²) in [5.74, 6) is 6.21. The lowest BCUT2D eigenvalue weighted by Gasteiger charge is -2.19. The highest BCUT2D eigenvalue weighted by Crippen LogP contribution is 2.11. The molecular weight excluding hydrogens is 232 g/mol. The van der Waals surface area contributed by atoms with Gasteiger partial charge < -0.3 is 10.2 Å². The van der Waals surface area contributed by atoms with E-state index >= 15 is 0 Å². The lowest BCUT2D eigenvalue weighted by molar-refractivity contribution is -0.128.